The van der Waals surface area contributed by atoms with Crippen LogP contribution in [-0.4, -0.2) is 18.4 Å². The Bertz CT molecular complexity index is 419. The maximum atomic E-state index is 11.9. The molecule has 1 fully saturated rings. The number of carbonyl (C=O) groups excluding carboxylic acids is 2. The van der Waals surface area contributed by atoms with Crippen molar-refractivity contribution >= 4 is 11.8 Å². The van der Waals surface area contributed by atoms with Gasteiger partial charge in [-0.3, -0.25) is 4.79 Å². The van der Waals surface area contributed by atoms with Gasteiger partial charge in [0.1, 0.15) is 0 Å². The summed E-state index contributed by atoms with van der Waals surface area (Å²) in [5.74, 6) is -0.216. The largest absolute Gasteiger partial charge is 0.462 e. The van der Waals surface area contributed by atoms with Gasteiger partial charge in [-0.2, -0.15) is 0 Å². The molecule has 0 spiro atoms. The minimum atomic E-state index is -0.410. The molecule has 0 radical (unpaired) electrons. The Balaban J connectivity index is 2.29. The Labute approximate surface area is 94.4 Å². The van der Waals surface area contributed by atoms with Crippen molar-refractivity contribution in [3.05, 3.63) is 35.4 Å². The van der Waals surface area contributed by atoms with Crippen LogP contribution in [0.4, 0.5) is 0 Å². The zero-order valence-corrected chi connectivity index (χ0v) is 9.23. The third kappa shape index (κ3) is 2.13. The Morgan fingerprint density at radius 3 is 2.44 bits per heavy atom. The SMILES string of the molecule is CCOC(=O)c1ccccc1C(=O)C1CC1. The van der Waals surface area contributed by atoms with Crippen LogP contribution in [0.25, 0.3) is 0 Å². The fraction of sp³-hybridized carbons (Fsp3) is 0.385. The second-order valence-electron chi connectivity index (χ2n) is 3.90. The predicted molar refractivity (Wildman–Crippen MR) is 59.5 cm³/mol. The quantitative estimate of drug-likeness (QED) is 0.576. The van der Waals surface area contributed by atoms with E-state index >= 15 is 0 Å². The summed E-state index contributed by atoms with van der Waals surface area (Å²) in [5, 5.41) is 0. The molecule has 0 atom stereocenters. The van der Waals surface area contributed by atoms with Crippen molar-refractivity contribution in [1.82, 2.24) is 0 Å². The van der Waals surface area contributed by atoms with Crippen LogP contribution < -0.4 is 0 Å². The van der Waals surface area contributed by atoms with E-state index in [1.165, 1.54) is 0 Å². The summed E-state index contributed by atoms with van der Waals surface area (Å²) >= 11 is 0. The molecular weight excluding hydrogens is 204 g/mol. The topological polar surface area (TPSA) is 43.4 Å². The van der Waals surface area contributed by atoms with Crippen LogP contribution >= 0.6 is 0 Å². The van der Waals surface area contributed by atoms with Crippen LogP contribution in [0.3, 0.4) is 0 Å². The monoisotopic (exact) mass is 218 g/mol. The van der Waals surface area contributed by atoms with Crippen molar-refractivity contribution in [2.45, 2.75) is 19.8 Å². The van der Waals surface area contributed by atoms with Gasteiger partial charge < -0.3 is 4.74 Å². The fourth-order valence-corrected chi connectivity index (χ4v) is 1.65. The molecule has 0 heterocycles. The molecular formula is C13H14O3. The van der Waals surface area contributed by atoms with Crippen LogP contribution in [0.15, 0.2) is 24.3 Å². The molecule has 0 aliphatic heterocycles. The first-order valence-corrected chi connectivity index (χ1v) is 5.54. The summed E-state index contributed by atoms with van der Waals surface area (Å²) in [6.45, 7) is 2.08. The Kier molecular flexibility index (Phi) is 3.04. The van der Waals surface area contributed by atoms with E-state index in [1.807, 2.05) is 0 Å². The van der Waals surface area contributed by atoms with Gasteiger partial charge in [0.15, 0.2) is 5.78 Å². The van der Waals surface area contributed by atoms with Gasteiger partial charge in [-0.15, -0.1) is 0 Å². The first-order valence-electron chi connectivity index (χ1n) is 5.54. The fourth-order valence-electron chi connectivity index (χ4n) is 1.65. The van der Waals surface area contributed by atoms with Crippen LogP contribution in [0.2, 0.25) is 0 Å². The molecule has 1 aliphatic carbocycles. The highest BCUT2D eigenvalue weighted by molar-refractivity contribution is 6.08. The lowest BCUT2D eigenvalue weighted by Crippen LogP contribution is -2.12. The van der Waals surface area contributed by atoms with E-state index in [0.717, 1.165) is 12.8 Å². The van der Waals surface area contributed by atoms with Gasteiger partial charge in [0.05, 0.1) is 12.2 Å². The third-order valence-electron chi connectivity index (χ3n) is 2.64. The Hall–Kier alpha value is -1.64. The number of esters is 1. The summed E-state index contributed by atoms with van der Waals surface area (Å²) in [4.78, 5) is 23.6. The highest BCUT2D eigenvalue weighted by Gasteiger charge is 2.32. The van der Waals surface area contributed by atoms with Crippen LogP contribution in [0.5, 0.6) is 0 Å². The second kappa shape index (κ2) is 4.47. The van der Waals surface area contributed by atoms with Gasteiger partial charge in [0.25, 0.3) is 0 Å². The summed E-state index contributed by atoms with van der Waals surface area (Å²) in [6.07, 6.45) is 1.88. The lowest BCUT2D eigenvalue weighted by molar-refractivity contribution is 0.0523. The minimum absolute atomic E-state index is 0.0728. The molecule has 0 bridgehead atoms. The van der Waals surface area contributed by atoms with E-state index < -0.39 is 5.97 Å². The highest BCUT2D eigenvalue weighted by Crippen LogP contribution is 2.33. The number of hydrogen-bond acceptors (Lipinski definition) is 3. The molecule has 16 heavy (non-hydrogen) atoms. The summed E-state index contributed by atoms with van der Waals surface area (Å²) < 4.78 is 4.93. The van der Waals surface area contributed by atoms with E-state index in [9.17, 15) is 9.59 Å². The van der Waals surface area contributed by atoms with Gasteiger partial charge in [-0.05, 0) is 25.8 Å². The van der Waals surface area contributed by atoms with E-state index in [0.29, 0.717) is 17.7 Å². The lowest BCUT2D eigenvalue weighted by Gasteiger charge is -2.06. The number of ketones is 1. The number of rotatable bonds is 4. The van der Waals surface area contributed by atoms with Crippen molar-refractivity contribution < 1.29 is 14.3 Å². The van der Waals surface area contributed by atoms with Crippen molar-refractivity contribution in [2.75, 3.05) is 6.61 Å². The van der Waals surface area contributed by atoms with Crippen LogP contribution in [0, 0.1) is 5.92 Å². The van der Waals surface area contributed by atoms with Gasteiger partial charge in [-0.1, -0.05) is 18.2 Å². The maximum Gasteiger partial charge on any atom is 0.338 e. The molecule has 0 saturated heterocycles. The number of Topliss-reactive ketones (excluding diaryl/α,β-unsaturated/α-hetero) is 1. The van der Waals surface area contributed by atoms with Gasteiger partial charge in [0, 0.05) is 11.5 Å². The van der Waals surface area contributed by atoms with Gasteiger partial charge >= 0.3 is 5.97 Å². The van der Waals surface area contributed by atoms with Crippen LogP contribution in [-0.2, 0) is 4.74 Å². The van der Waals surface area contributed by atoms with Crippen molar-refractivity contribution in [2.24, 2.45) is 5.92 Å². The molecule has 0 amide bonds. The molecule has 0 aromatic heterocycles. The van der Waals surface area contributed by atoms with E-state index in [-0.39, 0.29) is 11.7 Å². The van der Waals surface area contributed by atoms with Gasteiger partial charge in [-0.25, -0.2) is 4.79 Å². The Morgan fingerprint density at radius 1 is 1.25 bits per heavy atom. The van der Waals surface area contributed by atoms with E-state index in [4.69, 9.17) is 4.74 Å². The number of carbonyl (C=O) groups is 2. The van der Waals surface area contributed by atoms with Crippen molar-refractivity contribution in [3.63, 3.8) is 0 Å². The molecule has 1 saturated carbocycles. The predicted octanol–water partition coefficient (Wildman–Crippen LogP) is 2.46. The third-order valence-corrected chi connectivity index (χ3v) is 2.64. The minimum Gasteiger partial charge on any atom is -0.462 e. The average molecular weight is 218 g/mol. The molecule has 1 aliphatic rings. The smallest absolute Gasteiger partial charge is 0.338 e. The maximum absolute atomic E-state index is 11.9. The standard InChI is InChI=1S/C13H14O3/c1-2-16-13(15)11-6-4-3-5-10(11)12(14)9-7-8-9/h3-6,9H,2,7-8H2,1H3. The van der Waals surface area contributed by atoms with Crippen molar-refractivity contribution in [1.29, 1.82) is 0 Å². The number of benzene rings is 1. The molecule has 3 heteroatoms. The zero-order chi connectivity index (χ0) is 11.5. The summed E-state index contributed by atoms with van der Waals surface area (Å²) in [7, 11) is 0. The first-order chi connectivity index (χ1) is 7.74. The normalized spacial score (nSPS) is 14.6. The number of hydrogen-bond donors (Lipinski definition) is 0. The summed E-state index contributed by atoms with van der Waals surface area (Å²) in [5.41, 5.74) is 0.893. The van der Waals surface area contributed by atoms with E-state index in [1.54, 1.807) is 31.2 Å². The lowest BCUT2D eigenvalue weighted by atomic mass is 10.0. The Morgan fingerprint density at radius 2 is 1.88 bits per heavy atom. The number of ether oxygens (including phenoxy) is 1. The molecule has 2 rings (SSSR count). The van der Waals surface area contributed by atoms with E-state index in [2.05, 4.69) is 0 Å². The van der Waals surface area contributed by atoms with Crippen LogP contribution in [0.1, 0.15) is 40.5 Å². The first kappa shape index (κ1) is 10.9. The molecule has 1 aromatic rings. The highest BCUT2D eigenvalue weighted by atomic mass is 16.5. The van der Waals surface area contributed by atoms with Crippen molar-refractivity contribution in [3.8, 4) is 0 Å². The molecule has 84 valence electrons. The second-order valence-corrected chi connectivity index (χ2v) is 3.90. The molecule has 3 nitrogen and oxygen atoms in total. The average Bonchev–Trinajstić information content (AvgIpc) is 3.12. The molecule has 0 unspecified atom stereocenters. The van der Waals surface area contributed by atoms with Gasteiger partial charge in [0.2, 0.25) is 0 Å². The molecule has 1 aromatic carbocycles. The summed E-state index contributed by atoms with van der Waals surface area (Å²) in [6, 6.07) is 6.87. The zero-order valence-electron chi connectivity index (χ0n) is 9.23. The molecule has 0 N–H and O–H groups in total.